The van der Waals surface area contributed by atoms with E-state index < -0.39 is 0 Å². The SMILES string of the molecule is CCOc1cccc(C=Nc2ccc(N3CCN(Cc4ccccc4)CC3)cc2)c1O. The Morgan fingerprint density at radius 3 is 2.35 bits per heavy atom. The van der Waals surface area contributed by atoms with Gasteiger partial charge in [-0.2, -0.15) is 0 Å². The van der Waals surface area contributed by atoms with E-state index in [0.717, 1.165) is 38.4 Å². The monoisotopic (exact) mass is 415 g/mol. The highest BCUT2D eigenvalue weighted by Gasteiger charge is 2.17. The van der Waals surface area contributed by atoms with Crippen LogP contribution in [0.4, 0.5) is 11.4 Å². The minimum Gasteiger partial charge on any atom is -0.504 e. The summed E-state index contributed by atoms with van der Waals surface area (Å²) in [7, 11) is 0. The maximum atomic E-state index is 10.3. The van der Waals surface area contributed by atoms with Crippen LogP contribution in [0.25, 0.3) is 0 Å². The molecule has 5 heteroatoms. The maximum Gasteiger partial charge on any atom is 0.166 e. The second-order valence-corrected chi connectivity index (χ2v) is 7.65. The number of phenols is 1. The molecule has 0 aliphatic carbocycles. The van der Waals surface area contributed by atoms with Crippen LogP contribution in [0.2, 0.25) is 0 Å². The first kappa shape index (κ1) is 20.9. The second-order valence-electron chi connectivity index (χ2n) is 7.65. The Kier molecular flexibility index (Phi) is 6.85. The smallest absolute Gasteiger partial charge is 0.166 e. The Balaban J connectivity index is 1.34. The quantitative estimate of drug-likeness (QED) is 0.560. The first-order valence-corrected chi connectivity index (χ1v) is 10.8. The number of hydrogen-bond donors (Lipinski definition) is 1. The van der Waals surface area contributed by atoms with Gasteiger partial charge in [-0.25, -0.2) is 0 Å². The van der Waals surface area contributed by atoms with Gasteiger partial charge in [0.05, 0.1) is 12.3 Å². The zero-order valence-electron chi connectivity index (χ0n) is 17.9. The van der Waals surface area contributed by atoms with E-state index in [4.69, 9.17) is 4.74 Å². The van der Waals surface area contributed by atoms with Crippen molar-refractivity contribution in [2.75, 3.05) is 37.7 Å². The van der Waals surface area contributed by atoms with Gasteiger partial charge < -0.3 is 14.7 Å². The van der Waals surface area contributed by atoms with Gasteiger partial charge in [-0.3, -0.25) is 9.89 Å². The number of nitrogens with zero attached hydrogens (tertiary/aromatic N) is 3. The molecule has 1 saturated heterocycles. The van der Waals surface area contributed by atoms with Crippen LogP contribution in [-0.4, -0.2) is 49.0 Å². The normalized spacial score (nSPS) is 14.8. The third kappa shape index (κ3) is 5.44. The molecule has 0 atom stereocenters. The predicted molar refractivity (Wildman–Crippen MR) is 127 cm³/mol. The number of benzene rings is 3. The van der Waals surface area contributed by atoms with E-state index in [1.54, 1.807) is 12.3 Å². The Morgan fingerprint density at radius 1 is 0.903 bits per heavy atom. The third-order valence-electron chi connectivity index (χ3n) is 5.52. The molecule has 0 saturated carbocycles. The van der Waals surface area contributed by atoms with E-state index in [0.29, 0.717) is 17.9 Å². The van der Waals surface area contributed by atoms with Crippen molar-refractivity contribution in [1.29, 1.82) is 0 Å². The van der Waals surface area contributed by atoms with Crippen LogP contribution in [0, 0.1) is 0 Å². The molecular formula is C26H29N3O2. The topological polar surface area (TPSA) is 48.3 Å². The molecule has 160 valence electrons. The summed E-state index contributed by atoms with van der Waals surface area (Å²) < 4.78 is 5.43. The summed E-state index contributed by atoms with van der Waals surface area (Å²) in [4.78, 5) is 9.45. The van der Waals surface area contributed by atoms with Crippen LogP contribution < -0.4 is 9.64 Å². The zero-order valence-corrected chi connectivity index (χ0v) is 17.9. The Labute approximate surface area is 184 Å². The fraction of sp³-hybridized carbons (Fsp3) is 0.269. The molecule has 1 fully saturated rings. The van der Waals surface area contributed by atoms with Crippen LogP contribution in [-0.2, 0) is 6.54 Å². The minimum atomic E-state index is 0.123. The molecule has 3 aromatic carbocycles. The third-order valence-corrected chi connectivity index (χ3v) is 5.52. The van der Waals surface area contributed by atoms with Crippen LogP contribution in [0.1, 0.15) is 18.1 Å². The molecule has 1 N–H and O–H groups in total. The van der Waals surface area contributed by atoms with E-state index in [2.05, 4.69) is 57.3 Å². The van der Waals surface area contributed by atoms with Crippen molar-refractivity contribution in [3.63, 3.8) is 0 Å². The van der Waals surface area contributed by atoms with E-state index in [1.807, 2.05) is 31.2 Å². The van der Waals surface area contributed by atoms with Crippen molar-refractivity contribution in [2.45, 2.75) is 13.5 Å². The molecule has 4 rings (SSSR count). The van der Waals surface area contributed by atoms with Gasteiger partial charge in [0.2, 0.25) is 0 Å². The van der Waals surface area contributed by atoms with E-state index >= 15 is 0 Å². The van der Waals surface area contributed by atoms with E-state index in [-0.39, 0.29) is 5.75 Å². The molecule has 1 heterocycles. The summed E-state index contributed by atoms with van der Waals surface area (Å²) in [5, 5.41) is 10.3. The second kappa shape index (κ2) is 10.1. The lowest BCUT2D eigenvalue weighted by Crippen LogP contribution is -2.45. The van der Waals surface area contributed by atoms with E-state index in [1.165, 1.54) is 11.3 Å². The highest BCUT2D eigenvalue weighted by Crippen LogP contribution is 2.29. The number of ether oxygens (including phenoxy) is 1. The molecule has 3 aromatic rings. The first-order chi connectivity index (χ1) is 15.2. The zero-order chi connectivity index (χ0) is 21.5. The largest absolute Gasteiger partial charge is 0.504 e. The molecule has 1 aliphatic heterocycles. The molecular weight excluding hydrogens is 386 g/mol. The predicted octanol–water partition coefficient (Wildman–Crippen LogP) is 4.86. The molecule has 0 aromatic heterocycles. The van der Waals surface area contributed by atoms with Gasteiger partial charge in [0.15, 0.2) is 11.5 Å². The number of aromatic hydroxyl groups is 1. The molecule has 0 unspecified atom stereocenters. The van der Waals surface area contributed by atoms with Crippen LogP contribution >= 0.6 is 0 Å². The number of piperazine rings is 1. The van der Waals surface area contributed by atoms with Crippen molar-refractivity contribution in [2.24, 2.45) is 4.99 Å². The van der Waals surface area contributed by atoms with Crippen molar-refractivity contribution in [3.05, 3.63) is 83.9 Å². The van der Waals surface area contributed by atoms with Gasteiger partial charge in [0.1, 0.15) is 0 Å². The standard InChI is InChI=1S/C26H29N3O2/c1-2-31-25-10-6-9-22(26(25)30)19-27-23-11-13-24(14-12-23)29-17-15-28(16-18-29)20-21-7-4-3-5-8-21/h3-14,19,30H,2,15-18,20H2,1H3. The van der Waals surface area contributed by atoms with Crippen LogP contribution in [0.5, 0.6) is 11.5 Å². The molecule has 0 amide bonds. The lowest BCUT2D eigenvalue weighted by molar-refractivity contribution is 0.250. The number of rotatable bonds is 7. The van der Waals surface area contributed by atoms with Gasteiger partial charge in [-0.1, -0.05) is 36.4 Å². The van der Waals surface area contributed by atoms with Crippen molar-refractivity contribution < 1.29 is 9.84 Å². The first-order valence-electron chi connectivity index (χ1n) is 10.8. The van der Waals surface area contributed by atoms with Crippen molar-refractivity contribution in [1.82, 2.24) is 4.90 Å². The van der Waals surface area contributed by atoms with Gasteiger partial charge in [-0.05, 0) is 48.9 Å². The van der Waals surface area contributed by atoms with Gasteiger partial charge in [0.25, 0.3) is 0 Å². The average molecular weight is 416 g/mol. The Morgan fingerprint density at radius 2 is 1.65 bits per heavy atom. The van der Waals surface area contributed by atoms with Crippen molar-refractivity contribution in [3.8, 4) is 11.5 Å². The molecule has 31 heavy (non-hydrogen) atoms. The van der Waals surface area contributed by atoms with Crippen molar-refractivity contribution >= 4 is 17.6 Å². The van der Waals surface area contributed by atoms with Gasteiger partial charge in [0, 0.05) is 50.2 Å². The van der Waals surface area contributed by atoms with Gasteiger partial charge >= 0.3 is 0 Å². The number of anilines is 1. The summed E-state index contributed by atoms with van der Waals surface area (Å²) >= 11 is 0. The summed E-state index contributed by atoms with van der Waals surface area (Å²) in [5.41, 5.74) is 4.09. The number of aliphatic imine (C=N–C) groups is 1. The Bertz CT molecular complexity index is 995. The fourth-order valence-electron chi connectivity index (χ4n) is 3.81. The molecule has 0 radical (unpaired) electrons. The lowest BCUT2D eigenvalue weighted by Gasteiger charge is -2.36. The summed E-state index contributed by atoms with van der Waals surface area (Å²) in [6.07, 6.45) is 1.68. The lowest BCUT2D eigenvalue weighted by atomic mass is 10.2. The fourth-order valence-corrected chi connectivity index (χ4v) is 3.81. The van der Waals surface area contributed by atoms with Crippen LogP contribution in [0.15, 0.2) is 77.8 Å². The molecule has 0 spiro atoms. The minimum absolute atomic E-state index is 0.123. The maximum absolute atomic E-state index is 10.3. The number of phenolic OH excluding ortho intramolecular Hbond substituents is 1. The molecule has 0 bridgehead atoms. The summed E-state index contributed by atoms with van der Waals surface area (Å²) in [6.45, 7) is 7.58. The van der Waals surface area contributed by atoms with E-state index in [9.17, 15) is 5.11 Å². The Hall–Kier alpha value is -3.31. The highest BCUT2D eigenvalue weighted by atomic mass is 16.5. The van der Waals surface area contributed by atoms with Gasteiger partial charge in [-0.15, -0.1) is 0 Å². The highest BCUT2D eigenvalue weighted by molar-refractivity contribution is 5.86. The average Bonchev–Trinajstić information content (AvgIpc) is 2.81. The van der Waals surface area contributed by atoms with Crippen LogP contribution in [0.3, 0.4) is 0 Å². The number of hydrogen-bond acceptors (Lipinski definition) is 5. The summed E-state index contributed by atoms with van der Waals surface area (Å²) in [6, 6.07) is 24.4. The molecule has 1 aliphatic rings. The number of para-hydroxylation sites is 1. The molecule has 5 nitrogen and oxygen atoms in total. The summed E-state index contributed by atoms with van der Waals surface area (Å²) in [5.74, 6) is 0.603.